The van der Waals surface area contributed by atoms with Crippen LogP contribution in [-0.4, -0.2) is 44.9 Å². The molecular formula is C32H231NO3. The van der Waals surface area contributed by atoms with Crippen molar-refractivity contribution in [2.45, 2.75) is 130 Å². The quantitative estimate of drug-likeness (QED) is 0.306. The van der Waals surface area contributed by atoms with Gasteiger partial charge >= 0.3 is 0 Å². The number of benzene rings is 1. The first-order valence-corrected chi connectivity index (χ1v) is 14.0. The zero-order valence-electron chi connectivity index (χ0n) is 24.4. The molecule has 382 valence electrons. The predicted octanol–water partition coefficient (Wildman–Crippen LogP) is 28.9. The van der Waals surface area contributed by atoms with Gasteiger partial charge in [-0.2, -0.15) is 0 Å². The molecule has 1 aromatic rings. The number of aliphatic hydroxyl groups is 1. The molecule has 2 saturated carbocycles. The first kappa shape index (κ1) is 24.8. The Morgan fingerprint density at radius 2 is 1.58 bits per heavy atom. The van der Waals surface area contributed by atoms with Gasteiger partial charge < -0.3 is 14.9 Å². The Hall–Kier alpha value is -1.52. The van der Waals surface area contributed by atoms with Crippen molar-refractivity contribution in [2.75, 3.05) is 6.54 Å². The number of nitrogens with zero attached hydrogens (tertiary/aromatic N) is 1. The Morgan fingerprint density at radius 3 is 2.14 bits per heavy atom. The molecule has 0 aromatic heterocycles. The van der Waals surface area contributed by atoms with E-state index < -0.39 is 11.0 Å². The zero-order chi connectivity index (χ0) is 26.8. The van der Waals surface area contributed by atoms with E-state index in [9.17, 15) is 10.2 Å². The van der Waals surface area contributed by atoms with Crippen molar-refractivity contribution in [3.63, 3.8) is 0 Å². The number of hydrogen-bond donors (Lipinski definition) is 2. The minimum absolute atomic E-state index is 0. The molecule has 2 bridgehead atoms. The molecule has 2 aliphatic heterocycles. The maximum atomic E-state index is 13.4. The van der Waals surface area contributed by atoms with E-state index in [1.54, 1.807) is 0 Å². The molecule has 5 atom stereocenters. The molecule has 2 N–H and O–H groups in total. The lowest BCUT2D eigenvalue weighted by Crippen LogP contribution is -2.88. The van der Waals surface area contributed by atoms with E-state index in [1.165, 1.54) is 12.0 Å². The molecule has 0 radical (unpaired) electrons. The maximum Gasteiger partial charge on any atom is 0.166 e. The van der Waals surface area contributed by atoms with Gasteiger partial charge in [0.25, 0.3) is 0 Å². The van der Waals surface area contributed by atoms with Crippen LogP contribution < -0.4 is 4.74 Å². The second kappa shape index (κ2) is 6.20. The lowest BCUT2D eigenvalue weighted by atomic mass is 9.34. The number of piperidine rings is 1. The van der Waals surface area contributed by atoms with E-state index in [-0.39, 0.29) is 171 Å². The maximum absolute atomic E-state index is 13.4. The van der Waals surface area contributed by atoms with Crippen molar-refractivity contribution in [1.29, 1.82) is 0 Å². The molecule has 36 heavy (non-hydrogen) atoms. The van der Waals surface area contributed by atoms with E-state index >= 15 is 0 Å². The average molecular weight is 679 g/mol. The first-order valence-electron chi connectivity index (χ1n) is 14.0. The van der Waals surface area contributed by atoms with Crippen molar-refractivity contribution in [2.24, 2.45) is 16.2 Å². The van der Waals surface area contributed by atoms with Gasteiger partial charge in [-0.05, 0) is 85.5 Å². The van der Waals surface area contributed by atoms with Crippen molar-refractivity contribution in [3.05, 3.63) is 34.4 Å². The molecule has 1 aromatic carbocycles. The van der Waals surface area contributed by atoms with Crippen LogP contribution >= 0.6 is 0 Å². The molecule has 5 aliphatic rings. The van der Waals surface area contributed by atoms with Crippen LogP contribution in [0.2, 0.25) is 0 Å². The molecule has 4 heteroatoms. The van der Waals surface area contributed by atoms with Crippen LogP contribution in [-0.2, 0) is 10.8 Å². The van der Waals surface area contributed by atoms with E-state index in [1.807, 2.05) is 6.92 Å². The lowest BCUT2D eigenvalue weighted by Gasteiger charge is -2.77. The van der Waals surface area contributed by atoms with Gasteiger partial charge in [-0.1, -0.05) is 55.0 Å². The first-order chi connectivity index (χ1) is 16.3. The van der Waals surface area contributed by atoms with Gasteiger partial charge in [0.1, 0.15) is 6.10 Å². The molecule has 6 rings (SSSR count). The van der Waals surface area contributed by atoms with Gasteiger partial charge in [0, 0.05) is 160 Å². The monoisotopic (exact) mass is 679 g/mol. The predicted molar refractivity (Wildman–Crippen MR) is 339 cm³/mol. The molecule has 3 fully saturated rings. The Balaban J connectivity index is -0.00000000215. The third-order valence-corrected chi connectivity index (χ3v) is 13.1. The number of likely N-dealkylation sites (tertiary alicyclic amines) is 1. The van der Waals surface area contributed by atoms with Crippen LogP contribution in [0, 0.1) is 30.1 Å². The number of rotatable bonds is 2. The van der Waals surface area contributed by atoms with Crippen LogP contribution in [0.3, 0.4) is 0 Å². The Bertz CT molecular complexity index is 1350. The smallest absolute Gasteiger partial charge is 0.166 e. The van der Waals surface area contributed by atoms with Crippen LogP contribution in [0.15, 0.2) is 12.2 Å². The lowest BCUT2D eigenvalue weighted by molar-refractivity contribution is -0.282. The summed E-state index contributed by atoms with van der Waals surface area (Å²) in [5, 5.41) is 24.8. The normalized spacial score (nSPS) is 42.1. The highest BCUT2D eigenvalue weighted by atomic mass is 16.5. The van der Waals surface area contributed by atoms with Crippen LogP contribution in [0.4, 0.5) is 0 Å². The third kappa shape index (κ3) is 2.18. The number of hydrogen-bond acceptors (Lipinski definition) is 4. The summed E-state index contributed by atoms with van der Waals surface area (Å²) in [6, 6.07) is -0.0819. The molecule has 1 saturated heterocycles. The van der Waals surface area contributed by atoms with E-state index in [0.29, 0.717) is 17.6 Å². The number of phenols is 1. The highest BCUT2D eigenvalue weighted by Gasteiger charge is 2.84. The summed E-state index contributed by atoms with van der Waals surface area (Å²) in [5.74, 6) is 0.835. The largest absolute Gasteiger partial charge is 0.504 e. The molecule has 1 spiro atoms. The molecule has 0 amide bonds. The summed E-state index contributed by atoms with van der Waals surface area (Å²) in [7, 11) is 0. The van der Waals surface area contributed by atoms with Crippen molar-refractivity contribution in [3.8, 4) is 11.5 Å². The minimum atomic E-state index is -1.01. The molecule has 4 nitrogen and oxygen atoms in total. The summed E-state index contributed by atoms with van der Waals surface area (Å²) in [6.07, 6.45) is 2.27. The Morgan fingerprint density at radius 1 is 1.00 bits per heavy atom. The summed E-state index contributed by atoms with van der Waals surface area (Å²) in [6.45, 7) is 31.0. The van der Waals surface area contributed by atoms with Crippen LogP contribution in [0.5, 0.6) is 11.5 Å². The third-order valence-electron chi connectivity index (χ3n) is 13.1. The molecule has 1 unspecified atom stereocenters. The number of phenolic OH excluding ortho intramolecular Hbond substituents is 1. The molecular weight excluding hydrogens is 446 g/mol. The van der Waals surface area contributed by atoms with Gasteiger partial charge in [0.05, 0.1) is 11.0 Å². The fourth-order valence-corrected chi connectivity index (χ4v) is 10.0. The minimum Gasteiger partial charge on any atom is -0.504 e. The fraction of sp³-hybridized carbons (Fsp3) is 0.750. The zero-order valence-corrected chi connectivity index (χ0v) is 24.4. The summed E-state index contributed by atoms with van der Waals surface area (Å²) in [5.41, 5.74) is 3.26. The number of ether oxygens (including phenoxy) is 1. The van der Waals surface area contributed by atoms with Gasteiger partial charge in [0.2, 0.25) is 0 Å². The van der Waals surface area contributed by atoms with Crippen LogP contribution in [0.25, 0.3) is 0 Å². The topological polar surface area (TPSA) is 52.9 Å². The summed E-state index contributed by atoms with van der Waals surface area (Å²) in [4.78, 5) is 2.72. The Labute approximate surface area is 354 Å². The van der Waals surface area contributed by atoms with Crippen molar-refractivity contribution in [1.82, 2.24) is 4.90 Å². The second-order valence-electron chi connectivity index (χ2n) is 15.6. The van der Waals surface area contributed by atoms with E-state index in [0.717, 1.165) is 35.2 Å². The van der Waals surface area contributed by atoms with E-state index in [2.05, 4.69) is 80.7 Å². The van der Waals surface area contributed by atoms with Gasteiger partial charge in [-0.25, -0.2) is 0 Å². The fourth-order valence-electron chi connectivity index (χ4n) is 10.0. The SMILES string of the molecule is C=C1CC[C@@]2(O)[C@@H]3N(CC4(C)CC4(C)C)C(C)(C)C(C)(C)[C@@]24c2c(c(O)c(C)c(C)c2C3(C)C)O[C@@H]14.[HH].[HH].[HH].[HH].[HH].[HH].[HH].[HH].[HH].[HH].[HH].[HH].[HH].[HH].[HH].[HH].[HH].[HH].[HH].[HH].[HH].[HH].[HH].[HH].[HH].[HH].[HH].[HH].[HH].[HH].[HH].[HH].[HH].[HH].[HH].[HH].[HH].[HH].[HH].[HH].[HH].[HH].[HH].[HH].[HH].[HH].[HH].[HH].[HH].[HH].[HH].[HH].[HH].[HH].[HH].[HH].[HH].[HH].[HH].[HH].[HH].[HH].[HH].[HH].[HH].[HH].[HH].[HH].[HH].[HH].[HH].[HH].[HH].[HH].[HH].[HH].[HH].[HH].[HH].[HH].[HH].[HH].[HH].[HH].[HH].[HH].[HH].[HH].[HH].[HH].[HH].[HH]. The van der Waals surface area contributed by atoms with Gasteiger partial charge in [0.15, 0.2) is 11.5 Å². The second-order valence-corrected chi connectivity index (χ2v) is 15.6. The highest BCUT2D eigenvalue weighted by molar-refractivity contribution is 5.72. The molecule has 3 aliphatic carbocycles. The van der Waals surface area contributed by atoms with Gasteiger partial charge in [-0.3, -0.25) is 4.90 Å². The highest BCUT2D eigenvalue weighted by Crippen LogP contribution is 2.78. The summed E-state index contributed by atoms with van der Waals surface area (Å²) >= 11 is 0. The van der Waals surface area contributed by atoms with Crippen LogP contribution in [0.1, 0.15) is 235 Å². The Kier molecular flexibility index (Phi) is 4.27. The van der Waals surface area contributed by atoms with Crippen molar-refractivity contribution < 1.29 is 146 Å². The van der Waals surface area contributed by atoms with E-state index in [4.69, 9.17) is 4.74 Å². The molecule has 2 heterocycles. The average Bonchev–Trinajstić information content (AvgIpc) is 3.06. The number of aromatic hydroxyl groups is 1. The van der Waals surface area contributed by atoms with Crippen molar-refractivity contribution >= 4 is 0 Å². The summed E-state index contributed by atoms with van der Waals surface area (Å²) < 4.78 is 6.80. The standard InChI is InChI=1S/C32H47NO3.92H2/c1-17-13-14-31(35)25-27(6,7)20-18(2)19(3)22(34)23-21(20)32(31,24(17)36-23)28(8,9)29(10,11)33(25)16-30(12)15-26(30,4)5;;;;;;;;;;;;;;;;;;;;;;;;;;;;;;;;;;;;;;;;;;;;;;;;;;;;;;;;;;;;;;;;;;;;;;;;;;;;;;;;;;;;;;;;;;;;/h24-25,34-35H,1,13-16H2,2-12H3;92*1H/t24-,25+,30?,31+,32-;;;;;;;;;;;;;;;;;;;;;;;;;;;;;;;;;;;;;;;;;;;;;;;;;;;;;;;;;;;;;;;;;;;;;;;;;;;;;;;;;;;;;;;;;;;;/m0............................................................................................/s1. The van der Waals surface area contributed by atoms with Gasteiger partial charge in [-0.15, -0.1) is 0 Å².